The molecular formula is C12H12BrFN2. The Kier molecular flexibility index (Phi) is 3.10. The minimum Gasteiger partial charge on any atom is -0.268 e. The van der Waals surface area contributed by atoms with Gasteiger partial charge in [0.05, 0.1) is 4.47 Å². The van der Waals surface area contributed by atoms with Crippen LogP contribution in [0, 0.1) is 5.82 Å². The van der Waals surface area contributed by atoms with E-state index in [-0.39, 0.29) is 5.82 Å². The minimum atomic E-state index is -0.233. The highest BCUT2D eigenvalue weighted by molar-refractivity contribution is 9.10. The molecule has 0 saturated heterocycles. The van der Waals surface area contributed by atoms with Crippen LogP contribution in [-0.4, -0.2) is 9.78 Å². The molecule has 2 rings (SSSR count). The van der Waals surface area contributed by atoms with Crippen molar-refractivity contribution in [1.82, 2.24) is 9.78 Å². The molecule has 0 amide bonds. The van der Waals surface area contributed by atoms with Gasteiger partial charge in [-0.25, -0.2) is 4.39 Å². The Morgan fingerprint density at radius 3 is 2.38 bits per heavy atom. The van der Waals surface area contributed by atoms with Crippen LogP contribution in [0.5, 0.6) is 0 Å². The fourth-order valence-corrected chi connectivity index (χ4v) is 1.96. The molecule has 4 heteroatoms. The lowest BCUT2D eigenvalue weighted by Crippen LogP contribution is -2.00. The van der Waals surface area contributed by atoms with Gasteiger partial charge in [0.1, 0.15) is 11.5 Å². The summed E-state index contributed by atoms with van der Waals surface area (Å²) < 4.78 is 15.6. The van der Waals surface area contributed by atoms with E-state index in [0.717, 1.165) is 15.7 Å². The van der Waals surface area contributed by atoms with E-state index >= 15 is 0 Å². The molecule has 1 heterocycles. The first kappa shape index (κ1) is 11.3. The van der Waals surface area contributed by atoms with Crippen molar-refractivity contribution >= 4 is 15.9 Å². The van der Waals surface area contributed by atoms with E-state index in [9.17, 15) is 4.39 Å². The van der Waals surface area contributed by atoms with E-state index in [0.29, 0.717) is 6.04 Å². The van der Waals surface area contributed by atoms with E-state index in [1.807, 2.05) is 10.9 Å². The highest BCUT2D eigenvalue weighted by Crippen LogP contribution is 2.27. The van der Waals surface area contributed by atoms with Crippen molar-refractivity contribution in [3.05, 3.63) is 40.8 Å². The first-order valence-electron chi connectivity index (χ1n) is 5.08. The standard InChI is InChI=1S/C12H12BrFN2/c1-8(2)16-7-11(13)12(15-16)9-3-5-10(14)6-4-9/h3-8H,1-2H3. The van der Waals surface area contributed by atoms with Gasteiger partial charge in [0.2, 0.25) is 0 Å². The normalized spacial score (nSPS) is 11.1. The Labute approximate surface area is 102 Å². The van der Waals surface area contributed by atoms with Gasteiger partial charge in [-0.1, -0.05) is 0 Å². The SMILES string of the molecule is CC(C)n1cc(Br)c(-c2ccc(F)cc2)n1. The molecule has 1 aromatic heterocycles. The second kappa shape index (κ2) is 4.37. The predicted molar refractivity (Wildman–Crippen MR) is 65.7 cm³/mol. The smallest absolute Gasteiger partial charge is 0.123 e. The molecule has 0 fully saturated rings. The van der Waals surface area contributed by atoms with E-state index in [2.05, 4.69) is 34.9 Å². The number of hydrogen-bond acceptors (Lipinski definition) is 1. The topological polar surface area (TPSA) is 17.8 Å². The Balaban J connectivity index is 2.44. The lowest BCUT2D eigenvalue weighted by molar-refractivity contribution is 0.533. The fraction of sp³-hybridized carbons (Fsp3) is 0.250. The lowest BCUT2D eigenvalue weighted by Gasteiger charge is -2.03. The molecule has 2 aromatic rings. The molecule has 0 N–H and O–H groups in total. The predicted octanol–water partition coefficient (Wildman–Crippen LogP) is 4.03. The maximum atomic E-state index is 12.8. The largest absolute Gasteiger partial charge is 0.268 e. The average molecular weight is 283 g/mol. The van der Waals surface area contributed by atoms with E-state index < -0.39 is 0 Å². The summed E-state index contributed by atoms with van der Waals surface area (Å²) in [6.45, 7) is 4.13. The zero-order valence-electron chi connectivity index (χ0n) is 9.11. The van der Waals surface area contributed by atoms with Crippen LogP contribution in [0.15, 0.2) is 34.9 Å². The van der Waals surface area contributed by atoms with Crippen LogP contribution >= 0.6 is 15.9 Å². The third-order valence-corrected chi connectivity index (χ3v) is 2.91. The summed E-state index contributed by atoms with van der Waals surface area (Å²) in [4.78, 5) is 0. The van der Waals surface area contributed by atoms with Crippen molar-refractivity contribution in [1.29, 1.82) is 0 Å². The van der Waals surface area contributed by atoms with Gasteiger partial charge < -0.3 is 0 Å². The van der Waals surface area contributed by atoms with Crippen LogP contribution in [0.3, 0.4) is 0 Å². The summed E-state index contributed by atoms with van der Waals surface area (Å²) in [5.41, 5.74) is 1.75. The highest BCUT2D eigenvalue weighted by atomic mass is 79.9. The molecular weight excluding hydrogens is 271 g/mol. The average Bonchev–Trinajstić information content (AvgIpc) is 2.62. The quantitative estimate of drug-likeness (QED) is 0.813. The molecule has 0 bridgehead atoms. The third kappa shape index (κ3) is 2.16. The van der Waals surface area contributed by atoms with Crippen molar-refractivity contribution in [2.75, 3.05) is 0 Å². The van der Waals surface area contributed by atoms with Gasteiger partial charge in [0, 0.05) is 17.8 Å². The fourth-order valence-electron chi connectivity index (χ4n) is 1.44. The van der Waals surface area contributed by atoms with Crippen molar-refractivity contribution in [2.24, 2.45) is 0 Å². The first-order valence-corrected chi connectivity index (χ1v) is 5.88. The van der Waals surface area contributed by atoms with Crippen LogP contribution in [0.1, 0.15) is 19.9 Å². The molecule has 0 spiro atoms. The number of benzene rings is 1. The Morgan fingerprint density at radius 2 is 1.88 bits per heavy atom. The molecule has 0 saturated carbocycles. The third-order valence-electron chi connectivity index (χ3n) is 2.33. The van der Waals surface area contributed by atoms with Gasteiger partial charge >= 0.3 is 0 Å². The van der Waals surface area contributed by atoms with Crippen LogP contribution in [0.25, 0.3) is 11.3 Å². The Hall–Kier alpha value is -1.16. The molecule has 0 aliphatic carbocycles. The van der Waals surface area contributed by atoms with Crippen LogP contribution < -0.4 is 0 Å². The molecule has 0 radical (unpaired) electrons. The maximum absolute atomic E-state index is 12.8. The number of rotatable bonds is 2. The monoisotopic (exact) mass is 282 g/mol. The summed E-state index contributed by atoms with van der Waals surface area (Å²) in [5.74, 6) is -0.233. The lowest BCUT2D eigenvalue weighted by atomic mass is 10.1. The van der Waals surface area contributed by atoms with Crippen molar-refractivity contribution in [2.45, 2.75) is 19.9 Å². The molecule has 0 aliphatic heterocycles. The summed E-state index contributed by atoms with van der Waals surface area (Å²) in [6.07, 6.45) is 1.93. The molecule has 84 valence electrons. The van der Waals surface area contributed by atoms with Crippen molar-refractivity contribution in [3.63, 3.8) is 0 Å². The van der Waals surface area contributed by atoms with Gasteiger partial charge in [0.25, 0.3) is 0 Å². The summed E-state index contributed by atoms with van der Waals surface area (Å²) in [7, 11) is 0. The Bertz CT molecular complexity index is 488. The summed E-state index contributed by atoms with van der Waals surface area (Å²) in [5, 5.41) is 4.46. The number of halogens is 2. The van der Waals surface area contributed by atoms with E-state index in [1.165, 1.54) is 12.1 Å². The highest BCUT2D eigenvalue weighted by Gasteiger charge is 2.10. The van der Waals surface area contributed by atoms with Crippen molar-refractivity contribution < 1.29 is 4.39 Å². The maximum Gasteiger partial charge on any atom is 0.123 e. The molecule has 2 nitrogen and oxygen atoms in total. The van der Waals surface area contributed by atoms with Crippen LogP contribution in [0.2, 0.25) is 0 Å². The van der Waals surface area contributed by atoms with Gasteiger partial charge in [-0.3, -0.25) is 4.68 Å². The first-order chi connectivity index (χ1) is 7.58. The van der Waals surface area contributed by atoms with Gasteiger partial charge in [-0.05, 0) is 54.0 Å². The minimum absolute atomic E-state index is 0.233. The summed E-state index contributed by atoms with van der Waals surface area (Å²) >= 11 is 3.46. The molecule has 16 heavy (non-hydrogen) atoms. The van der Waals surface area contributed by atoms with E-state index in [1.54, 1.807) is 12.1 Å². The summed E-state index contributed by atoms with van der Waals surface area (Å²) in [6, 6.07) is 6.65. The zero-order valence-corrected chi connectivity index (χ0v) is 10.7. The number of aromatic nitrogens is 2. The Morgan fingerprint density at radius 1 is 1.25 bits per heavy atom. The number of nitrogens with zero attached hydrogens (tertiary/aromatic N) is 2. The second-order valence-electron chi connectivity index (χ2n) is 3.91. The molecule has 1 aromatic carbocycles. The molecule has 0 unspecified atom stereocenters. The zero-order chi connectivity index (χ0) is 11.7. The van der Waals surface area contributed by atoms with Crippen molar-refractivity contribution in [3.8, 4) is 11.3 Å². The second-order valence-corrected chi connectivity index (χ2v) is 4.76. The van der Waals surface area contributed by atoms with Gasteiger partial charge in [-0.15, -0.1) is 0 Å². The molecule has 0 aliphatic rings. The van der Waals surface area contributed by atoms with Crippen LogP contribution in [-0.2, 0) is 0 Å². The van der Waals surface area contributed by atoms with Gasteiger partial charge in [-0.2, -0.15) is 5.10 Å². The molecule has 0 atom stereocenters. The van der Waals surface area contributed by atoms with E-state index in [4.69, 9.17) is 0 Å². The number of hydrogen-bond donors (Lipinski definition) is 0. The van der Waals surface area contributed by atoms with Gasteiger partial charge in [0.15, 0.2) is 0 Å². The van der Waals surface area contributed by atoms with Crippen LogP contribution in [0.4, 0.5) is 4.39 Å².